The van der Waals surface area contributed by atoms with Crippen LogP contribution in [0.4, 0.5) is 5.69 Å². The van der Waals surface area contributed by atoms with Gasteiger partial charge in [0.25, 0.3) is 5.91 Å². The highest BCUT2D eigenvalue weighted by Crippen LogP contribution is 2.44. The van der Waals surface area contributed by atoms with Crippen molar-refractivity contribution in [2.24, 2.45) is 0 Å². The molecule has 1 N–H and O–H groups in total. The smallest absolute Gasteiger partial charge is 0.257 e. The van der Waals surface area contributed by atoms with E-state index in [-0.39, 0.29) is 5.91 Å². The molecule has 3 aromatic rings. The van der Waals surface area contributed by atoms with Gasteiger partial charge in [0.2, 0.25) is 5.75 Å². The minimum atomic E-state index is -0.293. The van der Waals surface area contributed by atoms with Gasteiger partial charge in [-0.3, -0.25) is 4.79 Å². The third kappa shape index (κ3) is 3.97. The standard InChI is InChI=1S/C22H20BrNO4/c1-26-18-13-17(19(23)21(28-3)20(18)27-2)22(25)24-16-11-9-15(10-12-16)14-7-5-4-6-8-14/h4-13H,1-3H3,(H,24,25). The maximum Gasteiger partial charge on any atom is 0.257 e. The number of carbonyl (C=O) groups excluding carboxylic acids is 1. The molecule has 0 unspecified atom stereocenters. The Morgan fingerprint density at radius 2 is 1.43 bits per heavy atom. The summed E-state index contributed by atoms with van der Waals surface area (Å²) in [5, 5.41) is 2.90. The van der Waals surface area contributed by atoms with Crippen LogP contribution >= 0.6 is 15.9 Å². The highest BCUT2D eigenvalue weighted by atomic mass is 79.9. The molecule has 1 amide bonds. The molecule has 3 rings (SSSR count). The van der Waals surface area contributed by atoms with Crippen LogP contribution in [0.5, 0.6) is 17.2 Å². The normalized spacial score (nSPS) is 10.3. The molecule has 0 bridgehead atoms. The number of methoxy groups -OCH3 is 3. The molecule has 3 aromatic carbocycles. The van der Waals surface area contributed by atoms with Crippen LogP contribution in [0.15, 0.2) is 65.1 Å². The first-order valence-electron chi connectivity index (χ1n) is 8.54. The monoisotopic (exact) mass is 441 g/mol. The third-order valence-corrected chi connectivity index (χ3v) is 5.05. The molecule has 28 heavy (non-hydrogen) atoms. The third-order valence-electron chi connectivity index (χ3n) is 4.26. The maximum atomic E-state index is 12.8. The zero-order chi connectivity index (χ0) is 20.1. The van der Waals surface area contributed by atoms with Crippen LogP contribution < -0.4 is 19.5 Å². The second-order valence-electron chi connectivity index (χ2n) is 5.90. The lowest BCUT2D eigenvalue weighted by atomic mass is 10.1. The van der Waals surface area contributed by atoms with Gasteiger partial charge in [-0.15, -0.1) is 0 Å². The van der Waals surface area contributed by atoms with Gasteiger partial charge in [-0.1, -0.05) is 42.5 Å². The molecule has 6 heteroatoms. The molecule has 0 aromatic heterocycles. The number of benzene rings is 3. The summed E-state index contributed by atoms with van der Waals surface area (Å²) >= 11 is 3.43. The van der Waals surface area contributed by atoms with E-state index in [9.17, 15) is 4.79 Å². The van der Waals surface area contributed by atoms with Crippen LogP contribution in [0.25, 0.3) is 11.1 Å². The molecule has 0 radical (unpaired) electrons. The van der Waals surface area contributed by atoms with Crippen molar-refractivity contribution in [1.82, 2.24) is 0 Å². The molecule has 144 valence electrons. The summed E-state index contributed by atoms with van der Waals surface area (Å²) in [7, 11) is 4.53. The lowest BCUT2D eigenvalue weighted by molar-refractivity contribution is 0.102. The molecule has 0 aliphatic heterocycles. The van der Waals surface area contributed by atoms with Crippen LogP contribution in [0.1, 0.15) is 10.4 Å². The number of rotatable bonds is 6. The van der Waals surface area contributed by atoms with Gasteiger partial charge in [0, 0.05) is 5.69 Å². The topological polar surface area (TPSA) is 56.8 Å². The van der Waals surface area contributed by atoms with E-state index in [0.717, 1.165) is 11.1 Å². The molecule has 0 aliphatic rings. The zero-order valence-corrected chi connectivity index (χ0v) is 17.4. The Kier molecular flexibility index (Phi) is 6.21. The summed E-state index contributed by atoms with van der Waals surface area (Å²) in [6.07, 6.45) is 0. The number of ether oxygens (including phenoxy) is 3. The van der Waals surface area contributed by atoms with Gasteiger partial charge >= 0.3 is 0 Å². The number of halogens is 1. The first-order valence-corrected chi connectivity index (χ1v) is 9.33. The molecule has 0 saturated carbocycles. The Morgan fingerprint density at radius 1 is 0.821 bits per heavy atom. The van der Waals surface area contributed by atoms with Crippen molar-refractivity contribution in [2.45, 2.75) is 0 Å². The van der Waals surface area contributed by atoms with Gasteiger partial charge in [-0.25, -0.2) is 0 Å². The van der Waals surface area contributed by atoms with E-state index in [2.05, 4.69) is 21.2 Å². The molecule has 0 heterocycles. The van der Waals surface area contributed by atoms with E-state index in [0.29, 0.717) is 33.0 Å². The highest BCUT2D eigenvalue weighted by Gasteiger charge is 2.22. The van der Waals surface area contributed by atoms with Gasteiger partial charge in [-0.05, 0) is 45.3 Å². The van der Waals surface area contributed by atoms with Gasteiger partial charge < -0.3 is 19.5 Å². The average Bonchev–Trinajstić information content (AvgIpc) is 2.74. The Balaban J connectivity index is 1.87. The lowest BCUT2D eigenvalue weighted by Gasteiger charge is -2.16. The number of hydrogen-bond acceptors (Lipinski definition) is 4. The van der Waals surface area contributed by atoms with E-state index in [1.54, 1.807) is 6.07 Å². The Bertz CT molecular complexity index is 972. The van der Waals surface area contributed by atoms with Crippen molar-refractivity contribution in [3.8, 4) is 28.4 Å². The van der Waals surface area contributed by atoms with Gasteiger partial charge in [0.15, 0.2) is 11.5 Å². The van der Waals surface area contributed by atoms with Gasteiger partial charge in [0.05, 0.1) is 31.4 Å². The van der Waals surface area contributed by atoms with Crippen LogP contribution in [0.2, 0.25) is 0 Å². The van der Waals surface area contributed by atoms with E-state index < -0.39 is 0 Å². The highest BCUT2D eigenvalue weighted by molar-refractivity contribution is 9.10. The largest absolute Gasteiger partial charge is 0.493 e. The minimum Gasteiger partial charge on any atom is -0.493 e. The summed E-state index contributed by atoms with van der Waals surface area (Å²) in [6, 6.07) is 19.3. The predicted molar refractivity (Wildman–Crippen MR) is 114 cm³/mol. The summed E-state index contributed by atoms with van der Waals surface area (Å²) in [5.74, 6) is 0.928. The number of carbonyl (C=O) groups is 1. The van der Waals surface area contributed by atoms with Crippen molar-refractivity contribution < 1.29 is 19.0 Å². The second kappa shape index (κ2) is 8.80. The molecule has 0 fully saturated rings. The van der Waals surface area contributed by atoms with E-state index in [1.165, 1.54) is 21.3 Å². The summed E-state index contributed by atoms with van der Waals surface area (Å²) in [5.41, 5.74) is 3.26. The van der Waals surface area contributed by atoms with Crippen LogP contribution in [0, 0.1) is 0 Å². The maximum absolute atomic E-state index is 12.8. The SMILES string of the molecule is COc1cc(C(=O)Nc2ccc(-c3ccccc3)cc2)c(Br)c(OC)c1OC. The number of nitrogens with one attached hydrogen (secondary N) is 1. The van der Waals surface area contributed by atoms with Crippen LogP contribution in [-0.2, 0) is 0 Å². The fraction of sp³-hybridized carbons (Fsp3) is 0.136. The lowest BCUT2D eigenvalue weighted by Crippen LogP contribution is -2.13. The van der Waals surface area contributed by atoms with E-state index >= 15 is 0 Å². The number of anilines is 1. The summed E-state index contributed by atoms with van der Waals surface area (Å²) in [4.78, 5) is 12.8. The van der Waals surface area contributed by atoms with Crippen LogP contribution in [0.3, 0.4) is 0 Å². The Labute approximate surface area is 172 Å². The van der Waals surface area contributed by atoms with Crippen molar-refractivity contribution in [2.75, 3.05) is 26.6 Å². The second-order valence-corrected chi connectivity index (χ2v) is 6.70. The quantitative estimate of drug-likeness (QED) is 0.556. The molecule has 0 spiro atoms. The van der Waals surface area contributed by atoms with Gasteiger partial charge in [-0.2, -0.15) is 0 Å². The molecular formula is C22H20BrNO4. The van der Waals surface area contributed by atoms with E-state index in [1.807, 2.05) is 54.6 Å². The van der Waals surface area contributed by atoms with Crippen molar-refractivity contribution in [3.63, 3.8) is 0 Å². The molecule has 5 nitrogen and oxygen atoms in total. The Hall–Kier alpha value is -2.99. The first kappa shape index (κ1) is 19.8. The predicted octanol–water partition coefficient (Wildman–Crippen LogP) is 5.39. The summed E-state index contributed by atoms with van der Waals surface area (Å²) in [6.45, 7) is 0. The minimum absolute atomic E-state index is 0.293. The Morgan fingerprint density at radius 3 is 2.00 bits per heavy atom. The van der Waals surface area contributed by atoms with Gasteiger partial charge in [0.1, 0.15) is 0 Å². The number of amides is 1. The van der Waals surface area contributed by atoms with E-state index in [4.69, 9.17) is 14.2 Å². The fourth-order valence-corrected chi connectivity index (χ4v) is 3.50. The van der Waals surface area contributed by atoms with Crippen LogP contribution in [-0.4, -0.2) is 27.2 Å². The first-order chi connectivity index (χ1) is 13.6. The molecule has 0 saturated heterocycles. The number of hydrogen-bond donors (Lipinski definition) is 1. The van der Waals surface area contributed by atoms with Crippen molar-refractivity contribution in [3.05, 3.63) is 70.7 Å². The molecule has 0 atom stereocenters. The van der Waals surface area contributed by atoms with Crippen molar-refractivity contribution >= 4 is 27.5 Å². The van der Waals surface area contributed by atoms with Crippen molar-refractivity contribution in [1.29, 1.82) is 0 Å². The molecular weight excluding hydrogens is 422 g/mol. The summed E-state index contributed by atoms with van der Waals surface area (Å²) < 4.78 is 16.5. The zero-order valence-electron chi connectivity index (χ0n) is 15.8. The fourth-order valence-electron chi connectivity index (χ4n) is 2.86. The molecule has 0 aliphatic carbocycles. The average molecular weight is 442 g/mol.